The standard InChI is InChI=1S/C4H7IO4/c5-4(1-6,2-7)3(8)9/h6-7H,1-2H2,(H,8,9). The Morgan fingerprint density at radius 3 is 1.78 bits per heavy atom. The summed E-state index contributed by atoms with van der Waals surface area (Å²) in [5.41, 5.74) is 0. The normalized spacial score (nSPS) is 11.4. The Kier molecular flexibility index (Phi) is 3.37. The van der Waals surface area contributed by atoms with Crippen molar-refractivity contribution in [2.75, 3.05) is 13.2 Å². The van der Waals surface area contributed by atoms with E-state index in [1.165, 1.54) is 22.6 Å². The fourth-order valence-electron chi connectivity index (χ4n) is 0.185. The molecular formula is C4H7IO4. The molecule has 54 valence electrons. The molecule has 0 fully saturated rings. The molecule has 0 saturated carbocycles. The third-order valence-electron chi connectivity index (χ3n) is 0.885. The number of carboxylic acid groups (broad SMARTS) is 1. The summed E-state index contributed by atoms with van der Waals surface area (Å²) in [6, 6.07) is 0. The van der Waals surface area contributed by atoms with E-state index in [4.69, 9.17) is 15.3 Å². The van der Waals surface area contributed by atoms with Crippen LogP contribution in [0.4, 0.5) is 0 Å². The first-order valence-electron chi connectivity index (χ1n) is 2.21. The molecule has 4 nitrogen and oxygen atoms in total. The summed E-state index contributed by atoms with van der Waals surface area (Å²) in [7, 11) is 0. The molecule has 0 aromatic carbocycles. The van der Waals surface area contributed by atoms with Gasteiger partial charge in [-0.15, -0.1) is 0 Å². The third kappa shape index (κ3) is 2.07. The van der Waals surface area contributed by atoms with Crippen molar-refractivity contribution in [1.29, 1.82) is 0 Å². The molecule has 0 unspecified atom stereocenters. The lowest BCUT2D eigenvalue weighted by Gasteiger charge is -2.15. The highest BCUT2D eigenvalue weighted by Crippen LogP contribution is 2.16. The fraction of sp³-hybridized carbons (Fsp3) is 0.750. The van der Waals surface area contributed by atoms with Gasteiger partial charge in [-0.05, 0) is 0 Å². The summed E-state index contributed by atoms with van der Waals surface area (Å²) < 4.78 is -1.42. The lowest BCUT2D eigenvalue weighted by atomic mass is 10.2. The quantitative estimate of drug-likeness (QED) is 0.451. The zero-order valence-corrected chi connectivity index (χ0v) is 6.70. The van der Waals surface area contributed by atoms with Crippen LogP contribution in [0.25, 0.3) is 0 Å². The smallest absolute Gasteiger partial charge is 0.324 e. The largest absolute Gasteiger partial charge is 0.480 e. The molecule has 0 saturated heterocycles. The van der Waals surface area contributed by atoms with Gasteiger partial charge in [-0.2, -0.15) is 0 Å². The summed E-state index contributed by atoms with van der Waals surface area (Å²) in [5.74, 6) is -1.20. The summed E-state index contributed by atoms with van der Waals surface area (Å²) in [5, 5.41) is 25.1. The average molecular weight is 246 g/mol. The molecule has 0 aliphatic rings. The molecule has 3 N–H and O–H groups in total. The number of hydrogen-bond acceptors (Lipinski definition) is 3. The predicted octanol–water partition coefficient (Wildman–Crippen LogP) is -0.771. The minimum Gasteiger partial charge on any atom is -0.480 e. The molecule has 0 bridgehead atoms. The van der Waals surface area contributed by atoms with Gasteiger partial charge in [-0.3, -0.25) is 4.79 Å². The van der Waals surface area contributed by atoms with Gasteiger partial charge in [0, 0.05) is 0 Å². The number of rotatable bonds is 3. The van der Waals surface area contributed by atoms with Gasteiger partial charge in [-0.25, -0.2) is 0 Å². The Morgan fingerprint density at radius 2 is 1.78 bits per heavy atom. The van der Waals surface area contributed by atoms with E-state index in [0.29, 0.717) is 0 Å². The summed E-state index contributed by atoms with van der Waals surface area (Å²) >= 11 is 1.49. The first kappa shape index (κ1) is 9.12. The van der Waals surface area contributed by atoms with E-state index in [0.717, 1.165) is 0 Å². The van der Waals surface area contributed by atoms with Crippen LogP contribution in [0.3, 0.4) is 0 Å². The maximum Gasteiger partial charge on any atom is 0.324 e. The number of hydrogen-bond donors (Lipinski definition) is 3. The van der Waals surface area contributed by atoms with Crippen molar-refractivity contribution in [1.82, 2.24) is 0 Å². The Balaban J connectivity index is 4.09. The zero-order chi connectivity index (χ0) is 7.49. The minimum atomic E-state index is -1.42. The van der Waals surface area contributed by atoms with Gasteiger partial charge in [-0.1, -0.05) is 22.6 Å². The second kappa shape index (κ2) is 3.33. The van der Waals surface area contributed by atoms with Crippen LogP contribution in [-0.4, -0.2) is 37.9 Å². The van der Waals surface area contributed by atoms with Gasteiger partial charge < -0.3 is 15.3 Å². The molecule has 0 aliphatic heterocycles. The number of carboxylic acids is 1. The highest BCUT2D eigenvalue weighted by atomic mass is 127. The molecule has 5 heteroatoms. The van der Waals surface area contributed by atoms with Gasteiger partial charge in [0.05, 0.1) is 13.2 Å². The van der Waals surface area contributed by atoms with Crippen LogP contribution < -0.4 is 0 Å². The highest BCUT2D eigenvalue weighted by Gasteiger charge is 2.33. The van der Waals surface area contributed by atoms with Crippen LogP contribution in [0.15, 0.2) is 0 Å². The lowest BCUT2D eigenvalue weighted by Crippen LogP contribution is -2.39. The van der Waals surface area contributed by atoms with E-state index in [9.17, 15) is 4.79 Å². The van der Waals surface area contributed by atoms with Crippen LogP contribution in [0.5, 0.6) is 0 Å². The van der Waals surface area contributed by atoms with Gasteiger partial charge in [0.15, 0.2) is 3.42 Å². The first-order valence-corrected chi connectivity index (χ1v) is 3.29. The van der Waals surface area contributed by atoms with Gasteiger partial charge in [0.1, 0.15) is 0 Å². The monoisotopic (exact) mass is 246 g/mol. The molecule has 0 heterocycles. The Bertz CT molecular complexity index is 109. The third-order valence-corrected chi connectivity index (χ3v) is 2.03. The maximum atomic E-state index is 10.2. The van der Waals surface area contributed by atoms with Gasteiger partial charge in [0.2, 0.25) is 0 Å². The van der Waals surface area contributed by atoms with Crippen LogP contribution in [-0.2, 0) is 4.79 Å². The molecule has 0 aromatic rings. The number of aliphatic hydroxyl groups excluding tert-OH is 2. The van der Waals surface area contributed by atoms with Crippen LogP contribution in [0.1, 0.15) is 0 Å². The van der Waals surface area contributed by atoms with Crippen molar-refractivity contribution >= 4 is 28.6 Å². The number of alkyl halides is 1. The molecule has 0 aromatic heterocycles. The maximum absolute atomic E-state index is 10.2. The van der Waals surface area contributed by atoms with Crippen molar-refractivity contribution in [3.8, 4) is 0 Å². The van der Waals surface area contributed by atoms with E-state index >= 15 is 0 Å². The van der Waals surface area contributed by atoms with E-state index in [-0.39, 0.29) is 0 Å². The molecule has 0 atom stereocenters. The van der Waals surface area contributed by atoms with Crippen molar-refractivity contribution in [3.63, 3.8) is 0 Å². The summed E-state index contributed by atoms with van der Waals surface area (Å²) in [6.45, 7) is -1.11. The number of aliphatic carboxylic acids is 1. The Hall–Kier alpha value is 0.120. The SMILES string of the molecule is O=C(O)C(I)(CO)CO. The molecular weight excluding hydrogens is 239 g/mol. The van der Waals surface area contributed by atoms with E-state index in [2.05, 4.69) is 0 Å². The van der Waals surface area contributed by atoms with E-state index in [1.807, 2.05) is 0 Å². The lowest BCUT2D eigenvalue weighted by molar-refractivity contribution is -0.141. The Labute approximate surface area is 65.6 Å². The van der Waals surface area contributed by atoms with Crippen molar-refractivity contribution in [2.45, 2.75) is 3.42 Å². The van der Waals surface area contributed by atoms with E-state index in [1.54, 1.807) is 0 Å². The van der Waals surface area contributed by atoms with Crippen LogP contribution >= 0.6 is 22.6 Å². The molecule has 0 aliphatic carbocycles. The topological polar surface area (TPSA) is 77.8 Å². The van der Waals surface area contributed by atoms with Gasteiger partial charge >= 0.3 is 5.97 Å². The van der Waals surface area contributed by atoms with Crippen LogP contribution in [0, 0.1) is 0 Å². The van der Waals surface area contributed by atoms with Crippen molar-refractivity contribution in [2.24, 2.45) is 0 Å². The number of halogens is 1. The van der Waals surface area contributed by atoms with Crippen molar-refractivity contribution < 1.29 is 20.1 Å². The zero-order valence-electron chi connectivity index (χ0n) is 4.54. The van der Waals surface area contributed by atoms with Crippen LogP contribution in [0.2, 0.25) is 0 Å². The first-order chi connectivity index (χ1) is 4.06. The van der Waals surface area contributed by atoms with Gasteiger partial charge in [0.25, 0.3) is 0 Å². The fourth-order valence-corrected chi connectivity index (χ4v) is 0.185. The van der Waals surface area contributed by atoms with Crippen molar-refractivity contribution in [3.05, 3.63) is 0 Å². The predicted molar refractivity (Wildman–Crippen MR) is 38.6 cm³/mol. The second-order valence-electron chi connectivity index (χ2n) is 1.59. The average Bonchev–Trinajstić information content (AvgIpc) is 1.86. The molecule has 0 rings (SSSR count). The summed E-state index contributed by atoms with van der Waals surface area (Å²) in [4.78, 5) is 10.2. The molecule has 0 amide bonds. The molecule has 0 radical (unpaired) electrons. The molecule has 9 heavy (non-hydrogen) atoms. The highest BCUT2D eigenvalue weighted by molar-refractivity contribution is 14.1. The second-order valence-corrected chi connectivity index (χ2v) is 3.65. The molecule has 0 spiro atoms. The minimum absolute atomic E-state index is 0.556. The Morgan fingerprint density at radius 1 is 1.44 bits per heavy atom. The summed E-state index contributed by atoms with van der Waals surface area (Å²) in [6.07, 6.45) is 0. The number of aliphatic hydroxyl groups is 2. The van der Waals surface area contributed by atoms with E-state index < -0.39 is 22.6 Å². The number of carbonyl (C=O) groups is 1.